The van der Waals surface area contributed by atoms with Crippen LogP contribution in [-0.2, 0) is 0 Å². The van der Waals surface area contributed by atoms with Crippen molar-refractivity contribution in [3.63, 3.8) is 0 Å². The van der Waals surface area contributed by atoms with Crippen molar-refractivity contribution >= 4 is 28.8 Å². The zero-order valence-electron chi connectivity index (χ0n) is 11.5. The van der Waals surface area contributed by atoms with Gasteiger partial charge in [0.05, 0.1) is 16.7 Å². The van der Waals surface area contributed by atoms with Gasteiger partial charge >= 0.3 is 0 Å². The third-order valence-electron chi connectivity index (χ3n) is 2.80. The molecule has 0 saturated heterocycles. The number of alkyl halides is 2. The highest BCUT2D eigenvalue weighted by Gasteiger charge is 2.13. The van der Waals surface area contributed by atoms with Crippen molar-refractivity contribution in [1.29, 1.82) is 0 Å². The normalized spacial score (nSPS) is 12.7. The Balaban J connectivity index is 2.04. The predicted molar refractivity (Wildman–Crippen MR) is 81.9 cm³/mol. The SMILES string of the molecule is Cc1nc(C)c(C(C)Nc2ccc(SC(F)F)cc2)s1. The lowest BCUT2D eigenvalue weighted by Crippen LogP contribution is -2.06. The second-order valence-corrected chi connectivity index (χ2v) is 6.75. The van der Waals surface area contributed by atoms with E-state index < -0.39 is 5.76 Å². The first-order valence-corrected chi connectivity index (χ1v) is 7.90. The number of rotatable bonds is 5. The fourth-order valence-corrected chi connectivity index (χ4v) is 3.43. The molecule has 1 aromatic heterocycles. The van der Waals surface area contributed by atoms with E-state index in [-0.39, 0.29) is 6.04 Å². The summed E-state index contributed by atoms with van der Waals surface area (Å²) < 4.78 is 24.5. The number of nitrogens with one attached hydrogen (secondary N) is 1. The number of aryl methyl sites for hydroxylation is 2. The Morgan fingerprint density at radius 3 is 2.35 bits per heavy atom. The molecule has 2 nitrogen and oxygen atoms in total. The molecule has 1 heterocycles. The number of nitrogens with zero attached hydrogens (tertiary/aromatic N) is 1. The van der Waals surface area contributed by atoms with Gasteiger partial charge in [-0.2, -0.15) is 8.78 Å². The van der Waals surface area contributed by atoms with Gasteiger partial charge in [-0.1, -0.05) is 11.8 Å². The number of benzene rings is 1. The Labute approximate surface area is 125 Å². The number of thiazole rings is 1. The first kappa shape index (κ1) is 15.3. The van der Waals surface area contributed by atoms with Gasteiger partial charge in [-0.25, -0.2) is 4.98 Å². The number of halogens is 2. The third kappa shape index (κ3) is 3.93. The van der Waals surface area contributed by atoms with Gasteiger partial charge in [0.25, 0.3) is 5.76 Å². The van der Waals surface area contributed by atoms with Crippen LogP contribution in [0, 0.1) is 13.8 Å². The Hall–Kier alpha value is -1.14. The summed E-state index contributed by atoms with van der Waals surface area (Å²) in [6, 6.07) is 7.21. The minimum atomic E-state index is -2.38. The van der Waals surface area contributed by atoms with Crippen molar-refractivity contribution < 1.29 is 8.78 Å². The van der Waals surface area contributed by atoms with Gasteiger partial charge in [0, 0.05) is 15.5 Å². The number of hydrogen-bond acceptors (Lipinski definition) is 4. The van der Waals surface area contributed by atoms with Crippen LogP contribution < -0.4 is 5.32 Å². The quantitative estimate of drug-likeness (QED) is 0.763. The molecule has 0 radical (unpaired) electrons. The fourth-order valence-electron chi connectivity index (χ4n) is 2.00. The topological polar surface area (TPSA) is 24.9 Å². The Morgan fingerprint density at radius 1 is 1.20 bits per heavy atom. The van der Waals surface area contributed by atoms with Crippen LogP contribution in [0.4, 0.5) is 14.5 Å². The van der Waals surface area contributed by atoms with E-state index in [0.29, 0.717) is 16.7 Å². The zero-order valence-corrected chi connectivity index (χ0v) is 13.1. The van der Waals surface area contributed by atoms with E-state index >= 15 is 0 Å². The average Bonchev–Trinajstić information content (AvgIpc) is 2.70. The molecule has 2 rings (SSSR count). The summed E-state index contributed by atoms with van der Waals surface area (Å²) in [5.74, 6) is -2.38. The van der Waals surface area contributed by atoms with E-state index in [9.17, 15) is 8.78 Å². The molecule has 0 aliphatic heterocycles. The third-order valence-corrected chi connectivity index (χ3v) is 4.77. The van der Waals surface area contributed by atoms with E-state index in [4.69, 9.17) is 0 Å². The minimum absolute atomic E-state index is 0.148. The van der Waals surface area contributed by atoms with Crippen LogP contribution in [0.3, 0.4) is 0 Å². The van der Waals surface area contributed by atoms with Gasteiger partial charge in [0.15, 0.2) is 0 Å². The van der Waals surface area contributed by atoms with Gasteiger partial charge in [-0.3, -0.25) is 0 Å². The molecule has 0 aliphatic rings. The van der Waals surface area contributed by atoms with Gasteiger partial charge < -0.3 is 5.32 Å². The van der Waals surface area contributed by atoms with E-state index in [2.05, 4.69) is 17.2 Å². The molecule has 0 bridgehead atoms. The Kier molecular flexibility index (Phi) is 4.99. The van der Waals surface area contributed by atoms with Crippen LogP contribution in [0.5, 0.6) is 0 Å². The number of anilines is 1. The summed E-state index contributed by atoms with van der Waals surface area (Å²) in [5.41, 5.74) is 1.96. The van der Waals surface area contributed by atoms with Crippen molar-refractivity contribution in [3.05, 3.63) is 39.8 Å². The molecule has 1 unspecified atom stereocenters. The molecular formula is C14H16F2N2S2. The summed E-state index contributed by atoms with van der Waals surface area (Å²) in [5, 5.41) is 4.42. The van der Waals surface area contributed by atoms with Gasteiger partial charge in [-0.15, -0.1) is 11.3 Å². The molecule has 0 amide bonds. The van der Waals surface area contributed by atoms with Crippen LogP contribution in [0.25, 0.3) is 0 Å². The van der Waals surface area contributed by atoms with Crippen molar-refractivity contribution in [2.45, 2.75) is 37.5 Å². The molecule has 108 valence electrons. The van der Waals surface area contributed by atoms with E-state index in [1.165, 1.54) is 4.88 Å². The highest BCUT2D eigenvalue weighted by atomic mass is 32.2. The summed E-state index contributed by atoms with van der Waals surface area (Å²) in [6.07, 6.45) is 0. The molecule has 1 aromatic carbocycles. The number of aromatic nitrogens is 1. The Morgan fingerprint density at radius 2 is 1.85 bits per heavy atom. The van der Waals surface area contributed by atoms with Crippen LogP contribution in [0.2, 0.25) is 0 Å². The van der Waals surface area contributed by atoms with Crippen molar-refractivity contribution in [3.8, 4) is 0 Å². The van der Waals surface area contributed by atoms with Crippen LogP contribution in [-0.4, -0.2) is 10.7 Å². The monoisotopic (exact) mass is 314 g/mol. The molecule has 0 saturated carbocycles. The van der Waals surface area contributed by atoms with Crippen LogP contribution in [0.1, 0.15) is 28.5 Å². The predicted octanol–water partition coefficient (Wildman–Crippen LogP) is 5.25. The largest absolute Gasteiger partial charge is 0.378 e. The van der Waals surface area contributed by atoms with Crippen molar-refractivity contribution in [1.82, 2.24) is 4.98 Å². The summed E-state index contributed by atoms with van der Waals surface area (Å²) in [6.45, 7) is 6.06. The van der Waals surface area contributed by atoms with Crippen molar-refractivity contribution in [2.75, 3.05) is 5.32 Å². The lowest BCUT2D eigenvalue weighted by Gasteiger charge is -2.14. The van der Waals surface area contributed by atoms with Crippen LogP contribution in [0.15, 0.2) is 29.2 Å². The molecule has 6 heteroatoms. The standard InChI is InChI=1S/C14H16F2N2S2/c1-8-13(19-10(3)17-8)9(2)18-11-4-6-12(7-5-11)20-14(15)16/h4-7,9,14,18H,1-3H3. The lowest BCUT2D eigenvalue weighted by atomic mass is 10.2. The summed E-state index contributed by atoms with van der Waals surface area (Å²) in [4.78, 5) is 6.19. The maximum atomic E-state index is 12.2. The van der Waals surface area contributed by atoms with Gasteiger partial charge in [-0.05, 0) is 45.0 Å². The fraction of sp³-hybridized carbons (Fsp3) is 0.357. The molecule has 1 N–H and O–H groups in total. The molecule has 1 atom stereocenters. The highest BCUT2D eigenvalue weighted by Crippen LogP contribution is 2.29. The average molecular weight is 314 g/mol. The second-order valence-electron chi connectivity index (χ2n) is 4.45. The maximum absolute atomic E-state index is 12.2. The first-order chi connectivity index (χ1) is 9.45. The minimum Gasteiger partial charge on any atom is -0.378 e. The second kappa shape index (κ2) is 6.54. The highest BCUT2D eigenvalue weighted by molar-refractivity contribution is 7.99. The first-order valence-electron chi connectivity index (χ1n) is 6.21. The number of thioether (sulfide) groups is 1. The molecule has 20 heavy (non-hydrogen) atoms. The maximum Gasteiger partial charge on any atom is 0.288 e. The molecule has 0 spiro atoms. The van der Waals surface area contributed by atoms with Gasteiger partial charge in [0.1, 0.15) is 0 Å². The molecule has 2 aromatic rings. The summed E-state index contributed by atoms with van der Waals surface area (Å²) in [7, 11) is 0. The number of hydrogen-bond donors (Lipinski definition) is 1. The van der Waals surface area contributed by atoms with Crippen LogP contribution >= 0.6 is 23.1 Å². The van der Waals surface area contributed by atoms with E-state index in [1.54, 1.807) is 23.5 Å². The van der Waals surface area contributed by atoms with Gasteiger partial charge in [0.2, 0.25) is 0 Å². The van der Waals surface area contributed by atoms with E-state index in [1.807, 2.05) is 26.0 Å². The Bertz CT molecular complexity index is 567. The summed E-state index contributed by atoms with van der Waals surface area (Å²) >= 11 is 2.24. The lowest BCUT2D eigenvalue weighted by molar-refractivity contribution is 0.252. The molecule has 0 aliphatic carbocycles. The van der Waals surface area contributed by atoms with Crippen molar-refractivity contribution in [2.24, 2.45) is 0 Å². The molecule has 0 fully saturated rings. The smallest absolute Gasteiger partial charge is 0.288 e. The zero-order chi connectivity index (χ0) is 14.7. The molecular weight excluding hydrogens is 298 g/mol. The van der Waals surface area contributed by atoms with E-state index in [0.717, 1.165) is 16.4 Å².